The van der Waals surface area contributed by atoms with Gasteiger partial charge in [0.25, 0.3) is 0 Å². The molecule has 3 aliphatic rings. The van der Waals surface area contributed by atoms with E-state index < -0.39 is 15.8 Å². The van der Waals surface area contributed by atoms with Crippen LogP contribution < -0.4 is 34.8 Å². The molecular weight excluding hydrogens is 873 g/mol. The number of halogens is 2. The molecule has 1 fully saturated rings. The molecule has 3 aliphatic heterocycles. The summed E-state index contributed by atoms with van der Waals surface area (Å²) >= 11 is 7.40. The van der Waals surface area contributed by atoms with Gasteiger partial charge in [-0.05, 0) is 197 Å². The predicted octanol–water partition coefficient (Wildman–Crippen LogP) is 12.6. The normalized spacial score (nSPS) is 15.7. The van der Waals surface area contributed by atoms with E-state index in [-0.39, 0.29) is 29.7 Å². The first-order chi connectivity index (χ1) is 26.6. The number of benzene rings is 4. The average Bonchev–Trinajstić information content (AvgIpc) is 3.68. The number of hydrogen-bond acceptors (Lipinski definition) is 2. The molecule has 0 aromatic heterocycles. The van der Waals surface area contributed by atoms with Crippen molar-refractivity contribution in [3.63, 3.8) is 0 Å². The van der Waals surface area contributed by atoms with Crippen molar-refractivity contribution in [2.75, 3.05) is 18.5 Å². The Morgan fingerprint density at radius 2 is 0.845 bits per heavy atom. The molecule has 4 aromatic carbocycles. The van der Waals surface area contributed by atoms with Gasteiger partial charge in [0, 0.05) is 48.8 Å². The third-order valence-corrected chi connectivity index (χ3v) is 20.3. The van der Waals surface area contributed by atoms with Gasteiger partial charge < -0.3 is 15.4 Å². The molecule has 3 nitrogen and oxygen atoms in total. The van der Waals surface area contributed by atoms with Crippen LogP contribution in [-0.2, 0) is 15.6 Å². The van der Waals surface area contributed by atoms with Gasteiger partial charge in [-0.3, -0.25) is 0 Å². The maximum atomic E-state index is 5.61. The van der Waals surface area contributed by atoms with Crippen LogP contribution in [0.15, 0.2) is 57.5 Å². The largest absolute Gasteiger partial charge is 1.00 e. The number of anilines is 2. The fourth-order valence-corrected chi connectivity index (χ4v) is 17.7. The van der Waals surface area contributed by atoms with Crippen molar-refractivity contribution in [2.45, 2.75) is 157 Å². The molecule has 1 saturated heterocycles. The van der Waals surface area contributed by atoms with E-state index in [9.17, 15) is 0 Å². The van der Waals surface area contributed by atoms with E-state index in [1.165, 1.54) is 80.1 Å². The summed E-state index contributed by atoms with van der Waals surface area (Å²) in [6.07, 6.45) is 2.56. The van der Waals surface area contributed by atoms with Gasteiger partial charge in [-0.15, -0.1) is 0 Å². The minimum atomic E-state index is -0.728. The molecule has 0 saturated carbocycles. The molecule has 0 bridgehead atoms. The summed E-state index contributed by atoms with van der Waals surface area (Å²) < 4.78 is 7.19. The minimum Gasteiger partial charge on any atom is -0.651 e. The summed E-state index contributed by atoms with van der Waals surface area (Å²) in [5.41, 5.74) is 18.6. The van der Waals surface area contributed by atoms with Crippen molar-refractivity contribution >= 4 is 81.1 Å². The van der Waals surface area contributed by atoms with Crippen LogP contribution in [0.25, 0.3) is 5.32 Å². The molecule has 0 aliphatic carbocycles. The SMILES string of the molecule is C1CCOC1.Cc1cc(Br)c2c(c1)C(C)(C)c1cc(C)cc(Br)c1N2.Cc1cc([PH+](C(C)C)C(C)C)c2c(c1)C(C)(C)c1cc(C)cc([PH+](C(C)C)C(C)C)c1[N-]2.[Li+]. The van der Waals surface area contributed by atoms with Crippen LogP contribution in [0.4, 0.5) is 22.7 Å². The Morgan fingerprint density at radius 3 is 1.16 bits per heavy atom. The van der Waals surface area contributed by atoms with Gasteiger partial charge in [0.15, 0.2) is 0 Å². The van der Waals surface area contributed by atoms with Crippen molar-refractivity contribution in [3.8, 4) is 0 Å². The maximum absolute atomic E-state index is 5.61. The zero-order valence-electron chi connectivity index (χ0n) is 38.9. The first-order valence-electron chi connectivity index (χ1n) is 21.3. The Labute approximate surface area is 384 Å². The molecule has 0 spiro atoms. The molecule has 4 aromatic rings. The first kappa shape index (κ1) is 49.5. The molecule has 3 heterocycles. The number of hydrogen-bond donors (Lipinski definition) is 1. The first-order valence-corrected chi connectivity index (χ1v) is 26.2. The summed E-state index contributed by atoms with van der Waals surface area (Å²) in [5.74, 6) is 0. The second-order valence-corrected chi connectivity index (χ2v) is 28.3. The molecule has 0 amide bonds. The average molecular weight is 945 g/mol. The number of nitrogens with one attached hydrogen (secondary N) is 1. The summed E-state index contributed by atoms with van der Waals surface area (Å²) in [7, 11) is -1.46. The van der Waals surface area contributed by atoms with Gasteiger partial charge in [-0.2, -0.15) is 0 Å². The molecule has 7 rings (SSSR count). The Hall–Kier alpha value is -1.14. The second-order valence-electron chi connectivity index (χ2n) is 19.1. The number of nitrogens with zero attached hydrogens (tertiary/aromatic N) is 1. The summed E-state index contributed by atoms with van der Waals surface area (Å²) in [5, 5.41) is 12.3. The van der Waals surface area contributed by atoms with Crippen molar-refractivity contribution in [1.29, 1.82) is 0 Å². The van der Waals surface area contributed by atoms with Gasteiger partial charge >= 0.3 is 18.9 Å². The van der Waals surface area contributed by atoms with E-state index in [0.29, 0.717) is 22.6 Å². The van der Waals surface area contributed by atoms with Crippen molar-refractivity contribution < 1.29 is 23.6 Å². The number of rotatable bonds is 6. The molecule has 8 heteroatoms. The molecule has 310 valence electrons. The van der Waals surface area contributed by atoms with Crippen LogP contribution in [0.2, 0.25) is 0 Å². The molecular formula is C50H71Br2LiN2OP2+2. The van der Waals surface area contributed by atoms with Crippen molar-refractivity contribution in [2.24, 2.45) is 0 Å². The van der Waals surface area contributed by atoms with E-state index in [0.717, 1.165) is 22.2 Å². The van der Waals surface area contributed by atoms with Crippen LogP contribution in [0.3, 0.4) is 0 Å². The monoisotopic (exact) mass is 942 g/mol. The van der Waals surface area contributed by atoms with E-state index >= 15 is 0 Å². The fourth-order valence-electron chi connectivity index (χ4n) is 9.53. The second kappa shape index (κ2) is 19.9. The van der Waals surface area contributed by atoms with Crippen LogP contribution >= 0.6 is 47.7 Å². The standard InChI is InChI=1S/C29H44NP2.C17H17Br2N.C4H8O.Li/c1-17(2)31(18(3)4)25-15-21(9)13-23-27(25)30-28-24(29(23,11)12)14-22(10)16-26(28)32(19(5)6)20(7)8;1-9-5-11-15(13(18)7-9)20-16-12(17(11,3)4)6-10(2)8-14(16)19;1-2-4-5-3-1;/h13-20H,1-12H3;5-8,20H,1-4H3;1-4H2;/q-1;;;+1/p+2. The van der Waals surface area contributed by atoms with Gasteiger partial charge in [0.1, 0.15) is 0 Å². The summed E-state index contributed by atoms with van der Waals surface area (Å²) in [6.45, 7) is 39.6. The fraction of sp³-hybridized carbons (Fsp3) is 0.520. The summed E-state index contributed by atoms with van der Waals surface area (Å²) in [6, 6.07) is 18.7. The molecule has 1 N–H and O–H groups in total. The van der Waals surface area contributed by atoms with Crippen molar-refractivity contribution in [1.82, 2.24) is 0 Å². The zero-order chi connectivity index (χ0) is 42.3. The van der Waals surface area contributed by atoms with Gasteiger partial charge in [-0.25, -0.2) is 0 Å². The quantitative estimate of drug-likeness (QED) is 0.154. The summed E-state index contributed by atoms with van der Waals surface area (Å²) in [4.78, 5) is 0. The Morgan fingerprint density at radius 1 is 0.534 bits per heavy atom. The predicted molar refractivity (Wildman–Crippen MR) is 267 cm³/mol. The van der Waals surface area contributed by atoms with E-state index in [1.54, 1.807) is 10.6 Å². The van der Waals surface area contributed by atoms with Gasteiger partial charge in [-0.1, -0.05) is 63.3 Å². The van der Waals surface area contributed by atoms with Gasteiger partial charge in [0.05, 0.1) is 44.6 Å². The molecule has 0 atom stereocenters. The Balaban J connectivity index is 0.000000242. The third-order valence-electron chi connectivity index (χ3n) is 12.1. The molecule has 58 heavy (non-hydrogen) atoms. The van der Waals surface area contributed by atoms with Gasteiger partial charge in [0.2, 0.25) is 0 Å². The smallest absolute Gasteiger partial charge is 0.651 e. The Kier molecular flexibility index (Phi) is 17.0. The van der Waals surface area contributed by atoms with Crippen LogP contribution in [0.5, 0.6) is 0 Å². The third kappa shape index (κ3) is 10.4. The van der Waals surface area contributed by atoms with Crippen LogP contribution in [0.1, 0.15) is 140 Å². The van der Waals surface area contributed by atoms with E-state index in [2.05, 4.69) is 196 Å². The van der Waals surface area contributed by atoms with Crippen molar-refractivity contribution in [3.05, 3.63) is 107 Å². The van der Waals surface area contributed by atoms with E-state index in [4.69, 9.17) is 10.1 Å². The molecule has 0 unspecified atom stereocenters. The Bertz CT molecular complexity index is 1930. The molecule has 0 radical (unpaired) electrons. The van der Waals surface area contributed by atoms with E-state index in [1.807, 2.05) is 0 Å². The van der Waals surface area contributed by atoms with Crippen LogP contribution in [0, 0.1) is 27.7 Å². The maximum Gasteiger partial charge on any atom is 1.00 e. The number of aryl methyl sites for hydroxylation is 4. The van der Waals surface area contributed by atoms with Crippen LogP contribution in [-0.4, -0.2) is 35.8 Å². The number of ether oxygens (including phenoxy) is 1. The zero-order valence-corrected chi connectivity index (χ0v) is 44.0. The number of fused-ring (bicyclic) bond motifs is 4. The minimum absolute atomic E-state index is 0. The topological polar surface area (TPSA) is 35.4 Å².